The lowest BCUT2D eigenvalue weighted by atomic mass is 10.0. The number of carbonyl (C=O) groups is 2. The van der Waals surface area contributed by atoms with E-state index in [9.17, 15) is 19.0 Å². The quantitative estimate of drug-likeness (QED) is 0.0264. The molecule has 2 atom stereocenters. The Morgan fingerprint density at radius 2 is 0.627 bits per heavy atom. The SMILES string of the molecule is CCCCCCC/C=C\C/C=C\C/C=C\CCCCCCCCCCCCCCCCCCCCCCCCC(=O)OC(COC(=O)CCCCCCCCCCCC/C=C\C/C=C\C/C=C\CCCCCCC)COP(=O)(O)OCCN. The molecule has 10 heteroatoms. The summed E-state index contributed by atoms with van der Waals surface area (Å²) in [6, 6.07) is 0. The molecule has 0 saturated carbocycles. The minimum absolute atomic E-state index is 0.0523. The number of phosphoric acid groups is 1. The average Bonchev–Trinajstić information content (AvgIpc) is 3.49. The summed E-state index contributed by atoms with van der Waals surface area (Å²) in [5, 5.41) is 0. The van der Waals surface area contributed by atoms with Crippen LogP contribution in [0.25, 0.3) is 0 Å². The van der Waals surface area contributed by atoms with Crippen molar-refractivity contribution in [2.45, 2.75) is 354 Å². The van der Waals surface area contributed by atoms with Crippen LogP contribution >= 0.6 is 7.82 Å². The molecule has 0 rings (SSSR count). The Morgan fingerprint density at radius 3 is 0.928 bits per heavy atom. The smallest absolute Gasteiger partial charge is 0.462 e. The van der Waals surface area contributed by atoms with Gasteiger partial charge in [-0.1, -0.05) is 318 Å². The van der Waals surface area contributed by atoms with Crippen LogP contribution in [0.15, 0.2) is 72.9 Å². The fourth-order valence-corrected chi connectivity index (χ4v) is 11.1. The largest absolute Gasteiger partial charge is 0.472 e. The molecule has 0 amide bonds. The molecule has 83 heavy (non-hydrogen) atoms. The number of ether oxygens (including phenoxy) is 2. The maximum absolute atomic E-state index is 12.8. The second-order valence-corrected chi connectivity index (χ2v) is 25.2. The molecule has 2 unspecified atom stereocenters. The predicted molar refractivity (Wildman–Crippen MR) is 358 cm³/mol. The Hall–Kier alpha value is -2.55. The van der Waals surface area contributed by atoms with E-state index < -0.39 is 26.5 Å². The molecule has 484 valence electrons. The maximum Gasteiger partial charge on any atom is 0.472 e. The highest BCUT2D eigenvalue weighted by atomic mass is 31.2. The number of phosphoric ester groups is 1. The summed E-state index contributed by atoms with van der Waals surface area (Å²) in [7, 11) is -4.40. The summed E-state index contributed by atoms with van der Waals surface area (Å²) in [5.41, 5.74) is 5.40. The molecule has 0 radical (unpaired) electrons. The molecule has 0 heterocycles. The molecule has 0 aromatic heterocycles. The third-order valence-corrected chi connectivity index (χ3v) is 16.5. The van der Waals surface area contributed by atoms with E-state index in [0.717, 1.165) is 57.8 Å². The van der Waals surface area contributed by atoms with E-state index in [-0.39, 0.29) is 38.6 Å². The molecule has 0 aliphatic carbocycles. The second-order valence-electron chi connectivity index (χ2n) is 23.7. The van der Waals surface area contributed by atoms with E-state index in [4.69, 9.17) is 24.3 Å². The Labute approximate surface area is 513 Å². The van der Waals surface area contributed by atoms with Gasteiger partial charge in [-0.15, -0.1) is 0 Å². The normalized spacial score (nSPS) is 13.3. The van der Waals surface area contributed by atoms with Crippen molar-refractivity contribution in [3.63, 3.8) is 0 Å². The van der Waals surface area contributed by atoms with Crippen LogP contribution in [0.2, 0.25) is 0 Å². The van der Waals surface area contributed by atoms with Gasteiger partial charge in [-0.2, -0.15) is 0 Å². The number of nitrogens with two attached hydrogens (primary N) is 1. The van der Waals surface area contributed by atoms with Crippen molar-refractivity contribution < 1.29 is 37.6 Å². The number of carbonyl (C=O) groups excluding carboxylic acids is 2. The van der Waals surface area contributed by atoms with Gasteiger partial charge in [0.2, 0.25) is 0 Å². The van der Waals surface area contributed by atoms with E-state index in [1.54, 1.807) is 0 Å². The van der Waals surface area contributed by atoms with Crippen LogP contribution in [0.1, 0.15) is 348 Å². The number of allylic oxidation sites excluding steroid dienone is 12. The monoisotopic (exact) mass is 1180 g/mol. The van der Waals surface area contributed by atoms with Crippen LogP contribution in [0.5, 0.6) is 0 Å². The Balaban J connectivity index is 3.84. The lowest BCUT2D eigenvalue weighted by Crippen LogP contribution is -2.29. The first-order valence-corrected chi connectivity index (χ1v) is 36.9. The Morgan fingerprint density at radius 1 is 0.361 bits per heavy atom. The fraction of sp³-hybridized carbons (Fsp3) is 0.808. The van der Waals surface area contributed by atoms with Crippen molar-refractivity contribution in [1.29, 1.82) is 0 Å². The van der Waals surface area contributed by atoms with E-state index in [1.807, 2.05) is 0 Å². The minimum Gasteiger partial charge on any atom is -0.462 e. The molecule has 0 spiro atoms. The van der Waals surface area contributed by atoms with Gasteiger partial charge in [0.1, 0.15) is 6.61 Å². The van der Waals surface area contributed by atoms with Crippen molar-refractivity contribution in [3.05, 3.63) is 72.9 Å². The Bertz CT molecular complexity index is 1590. The topological polar surface area (TPSA) is 134 Å². The molecule has 0 aromatic rings. The zero-order valence-electron chi connectivity index (χ0n) is 54.4. The summed E-state index contributed by atoms with van der Waals surface area (Å²) < 4.78 is 33.2. The average molecular weight is 1180 g/mol. The van der Waals surface area contributed by atoms with Crippen molar-refractivity contribution in [2.75, 3.05) is 26.4 Å². The van der Waals surface area contributed by atoms with Crippen LogP contribution in [0.4, 0.5) is 0 Å². The van der Waals surface area contributed by atoms with Gasteiger partial charge >= 0.3 is 19.8 Å². The molecular weight excluding hydrogens is 1050 g/mol. The molecule has 0 aliphatic rings. The van der Waals surface area contributed by atoms with Crippen LogP contribution in [0.3, 0.4) is 0 Å². The van der Waals surface area contributed by atoms with E-state index in [1.165, 1.54) is 257 Å². The summed E-state index contributed by atoms with van der Waals surface area (Å²) in [6.07, 6.45) is 90.0. The van der Waals surface area contributed by atoms with E-state index in [0.29, 0.717) is 6.42 Å². The van der Waals surface area contributed by atoms with Crippen molar-refractivity contribution in [1.82, 2.24) is 0 Å². The minimum atomic E-state index is -4.40. The number of hydrogen-bond acceptors (Lipinski definition) is 8. The van der Waals surface area contributed by atoms with Crippen molar-refractivity contribution in [2.24, 2.45) is 5.73 Å². The highest BCUT2D eigenvalue weighted by Crippen LogP contribution is 2.43. The van der Waals surface area contributed by atoms with Gasteiger partial charge in [0.25, 0.3) is 0 Å². The van der Waals surface area contributed by atoms with Crippen LogP contribution < -0.4 is 5.73 Å². The van der Waals surface area contributed by atoms with Gasteiger partial charge in [0, 0.05) is 19.4 Å². The van der Waals surface area contributed by atoms with E-state index in [2.05, 4.69) is 86.8 Å². The number of rotatable bonds is 67. The molecule has 0 saturated heterocycles. The van der Waals surface area contributed by atoms with Gasteiger partial charge in [-0.3, -0.25) is 18.6 Å². The van der Waals surface area contributed by atoms with Crippen LogP contribution in [-0.4, -0.2) is 49.3 Å². The molecule has 0 aromatic carbocycles. The molecule has 0 bridgehead atoms. The van der Waals surface area contributed by atoms with Crippen molar-refractivity contribution in [3.8, 4) is 0 Å². The third kappa shape index (κ3) is 68.4. The summed E-state index contributed by atoms with van der Waals surface area (Å²) in [4.78, 5) is 35.3. The lowest BCUT2D eigenvalue weighted by Gasteiger charge is -2.19. The maximum atomic E-state index is 12.8. The first kappa shape index (κ1) is 80.5. The third-order valence-electron chi connectivity index (χ3n) is 15.6. The molecule has 3 N–H and O–H groups in total. The number of hydrogen-bond donors (Lipinski definition) is 2. The van der Waals surface area contributed by atoms with Gasteiger partial charge in [-0.05, 0) is 89.9 Å². The van der Waals surface area contributed by atoms with Gasteiger partial charge < -0.3 is 20.1 Å². The van der Waals surface area contributed by atoms with E-state index >= 15 is 0 Å². The summed E-state index contributed by atoms with van der Waals surface area (Å²) in [6.45, 7) is 3.76. The summed E-state index contributed by atoms with van der Waals surface area (Å²) in [5.74, 6) is -0.819. The summed E-state index contributed by atoms with van der Waals surface area (Å²) >= 11 is 0. The zero-order chi connectivity index (χ0) is 60.1. The zero-order valence-corrected chi connectivity index (χ0v) is 55.3. The predicted octanol–water partition coefficient (Wildman–Crippen LogP) is 23.2. The van der Waals surface area contributed by atoms with Gasteiger partial charge in [0.15, 0.2) is 6.10 Å². The molecule has 0 aliphatic heterocycles. The lowest BCUT2D eigenvalue weighted by molar-refractivity contribution is -0.161. The molecule has 0 fully saturated rings. The van der Waals surface area contributed by atoms with Crippen LogP contribution in [-0.2, 0) is 32.7 Å². The number of unbranched alkanes of at least 4 members (excludes halogenated alkanes) is 42. The first-order chi connectivity index (χ1) is 40.8. The molecular formula is C73H134NO8P. The highest BCUT2D eigenvalue weighted by Gasteiger charge is 2.26. The first-order valence-electron chi connectivity index (χ1n) is 35.4. The van der Waals surface area contributed by atoms with Gasteiger partial charge in [-0.25, -0.2) is 4.57 Å². The van der Waals surface area contributed by atoms with Gasteiger partial charge in [0.05, 0.1) is 13.2 Å². The highest BCUT2D eigenvalue weighted by molar-refractivity contribution is 7.47. The van der Waals surface area contributed by atoms with Crippen LogP contribution in [0, 0.1) is 0 Å². The second kappa shape index (κ2) is 68.6. The Kier molecular flexibility index (Phi) is 66.5. The van der Waals surface area contributed by atoms with Crippen molar-refractivity contribution >= 4 is 19.8 Å². The molecule has 9 nitrogen and oxygen atoms in total. The standard InChI is InChI=1S/C73H134NO8P/c1-3-5-7-9-11-13-15-17-19-21-23-25-27-29-30-31-32-33-34-35-36-37-38-39-40-42-44-46-48-50-52-54-56-58-60-62-64-66-73(76)82-71(70-81-83(77,78)80-68-67-74)69-79-72(75)65-63-61-59-57-55-53-51-49-47-45-43-41-28-26-24-22-20-18-16-14-12-10-8-6-4-2/h15-18,21-24,27-29,41,71H,3-14,19-20,25-26,30-40,42-70,74H2,1-2H3,(H,77,78)/b17-15-,18-16-,23-21-,24-22-,29-27-,41-28-. The number of esters is 2. The fourth-order valence-electron chi connectivity index (χ4n) is 10.3.